The molecule has 0 fully saturated rings. The Balaban J connectivity index is 1.87. The van der Waals surface area contributed by atoms with Gasteiger partial charge in [0.05, 0.1) is 10.6 Å². The third-order valence-corrected chi connectivity index (χ3v) is 6.80. The maximum atomic E-state index is 12.9. The van der Waals surface area contributed by atoms with Crippen molar-refractivity contribution in [1.82, 2.24) is 0 Å². The highest BCUT2D eigenvalue weighted by Gasteiger charge is 2.22. The lowest BCUT2D eigenvalue weighted by Gasteiger charge is -2.20. The van der Waals surface area contributed by atoms with Crippen LogP contribution in [-0.2, 0) is 10.0 Å². The van der Waals surface area contributed by atoms with Crippen LogP contribution in [0.3, 0.4) is 0 Å². The molecule has 0 aromatic heterocycles. The first-order valence-electron chi connectivity index (χ1n) is 9.23. The lowest BCUT2D eigenvalue weighted by Crippen LogP contribution is -2.27. The number of aryl methyl sites for hydroxylation is 2. The first-order chi connectivity index (χ1) is 13.7. The molecule has 29 heavy (non-hydrogen) atoms. The normalized spacial score (nSPS) is 11.2. The van der Waals surface area contributed by atoms with E-state index in [-0.39, 0.29) is 10.8 Å². The van der Waals surface area contributed by atoms with Gasteiger partial charge in [-0.25, -0.2) is 8.42 Å². The summed E-state index contributed by atoms with van der Waals surface area (Å²) < 4.78 is 27.0. The molecule has 0 aliphatic heterocycles. The van der Waals surface area contributed by atoms with Gasteiger partial charge in [-0.15, -0.1) is 0 Å². The summed E-state index contributed by atoms with van der Waals surface area (Å²) in [4.78, 5) is 12.9. The highest BCUT2D eigenvalue weighted by atomic mass is 32.2. The van der Waals surface area contributed by atoms with Crippen molar-refractivity contribution >= 4 is 27.3 Å². The molecular formula is C23H24N2O3S. The molecule has 0 aliphatic carbocycles. The molecule has 150 valence electrons. The van der Waals surface area contributed by atoms with Gasteiger partial charge in [0.2, 0.25) is 0 Å². The molecule has 0 bridgehead atoms. The fourth-order valence-corrected chi connectivity index (χ4v) is 4.12. The largest absolute Gasteiger partial charge is 0.322 e. The maximum Gasteiger partial charge on any atom is 0.264 e. The van der Waals surface area contributed by atoms with Crippen LogP contribution in [0.2, 0.25) is 0 Å². The van der Waals surface area contributed by atoms with Crippen LogP contribution in [0.15, 0.2) is 71.6 Å². The molecular weight excluding hydrogens is 384 g/mol. The van der Waals surface area contributed by atoms with E-state index in [4.69, 9.17) is 0 Å². The minimum Gasteiger partial charge on any atom is -0.322 e. The summed E-state index contributed by atoms with van der Waals surface area (Å²) in [7, 11) is -2.24. The summed E-state index contributed by atoms with van der Waals surface area (Å²) in [5, 5.41) is 2.90. The molecule has 3 aromatic rings. The van der Waals surface area contributed by atoms with Crippen LogP contribution in [-0.4, -0.2) is 21.4 Å². The van der Waals surface area contributed by atoms with Crippen molar-refractivity contribution in [3.05, 3.63) is 89.0 Å². The van der Waals surface area contributed by atoms with Crippen LogP contribution in [0.1, 0.15) is 27.0 Å². The molecule has 0 spiro atoms. The fourth-order valence-electron chi connectivity index (χ4n) is 2.93. The number of rotatable bonds is 5. The summed E-state index contributed by atoms with van der Waals surface area (Å²) >= 11 is 0. The predicted octanol–water partition coefficient (Wildman–Crippen LogP) is 4.69. The third-order valence-electron chi connectivity index (χ3n) is 5.00. The summed E-state index contributed by atoms with van der Waals surface area (Å²) in [6, 6.07) is 19.0. The Morgan fingerprint density at radius 2 is 1.55 bits per heavy atom. The predicted molar refractivity (Wildman–Crippen MR) is 117 cm³/mol. The quantitative estimate of drug-likeness (QED) is 0.666. The average molecular weight is 409 g/mol. The van der Waals surface area contributed by atoms with Gasteiger partial charge < -0.3 is 5.32 Å². The minimum absolute atomic E-state index is 0.204. The topological polar surface area (TPSA) is 66.5 Å². The van der Waals surface area contributed by atoms with Crippen LogP contribution in [0.25, 0.3) is 0 Å². The zero-order chi connectivity index (χ0) is 21.2. The van der Waals surface area contributed by atoms with Crippen molar-refractivity contribution in [2.24, 2.45) is 0 Å². The minimum atomic E-state index is -3.72. The van der Waals surface area contributed by atoms with Crippen LogP contribution in [0, 0.1) is 20.8 Å². The standard InChI is InChI=1S/C23H24N2O3S/c1-16-11-13-21(14-12-16)29(27,28)25(4)20-9-6-8-19(15-20)23(26)24-22-10-5-7-17(2)18(22)3/h5-15H,1-4H3,(H,24,26). The molecule has 1 N–H and O–H groups in total. The number of anilines is 2. The zero-order valence-corrected chi connectivity index (χ0v) is 17.7. The van der Waals surface area contributed by atoms with E-state index in [1.807, 2.05) is 39.0 Å². The number of nitrogens with one attached hydrogen (secondary N) is 1. The van der Waals surface area contributed by atoms with Gasteiger partial charge in [-0.3, -0.25) is 9.10 Å². The number of carbonyl (C=O) groups is 1. The van der Waals surface area contributed by atoms with Crippen molar-refractivity contribution in [2.75, 3.05) is 16.7 Å². The van der Waals surface area contributed by atoms with Gasteiger partial charge in [0.1, 0.15) is 0 Å². The van der Waals surface area contributed by atoms with Crippen LogP contribution >= 0.6 is 0 Å². The second-order valence-electron chi connectivity index (χ2n) is 7.04. The van der Waals surface area contributed by atoms with Crippen molar-refractivity contribution in [1.29, 1.82) is 0 Å². The van der Waals surface area contributed by atoms with E-state index in [1.54, 1.807) is 48.5 Å². The fraction of sp³-hybridized carbons (Fsp3) is 0.174. The Labute approximate surface area is 172 Å². The molecule has 6 heteroatoms. The molecule has 3 rings (SSSR count). The van der Waals surface area contributed by atoms with Crippen molar-refractivity contribution < 1.29 is 13.2 Å². The molecule has 0 radical (unpaired) electrons. The zero-order valence-electron chi connectivity index (χ0n) is 16.9. The Hall–Kier alpha value is -3.12. The van der Waals surface area contributed by atoms with E-state index in [1.165, 1.54) is 11.4 Å². The average Bonchev–Trinajstić information content (AvgIpc) is 2.71. The van der Waals surface area contributed by atoms with Gasteiger partial charge in [0.15, 0.2) is 0 Å². The molecule has 0 unspecified atom stereocenters. The lowest BCUT2D eigenvalue weighted by atomic mass is 10.1. The number of hydrogen-bond donors (Lipinski definition) is 1. The Kier molecular flexibility index (Phi) is 5.75. The molecule has 0 saturated carbocycles. The van der Waals surface area contributed by atoms with Crippen LogP contribution < -0.4 is 9.62 Å². The van der Waals surface area contributed by atoms with E-state index < -0.39 is 10.0 Å². The maximum absolute atomic E-state index is 12.9. The summed E-state index contributed by atoms with van der Waals surface area (Å²) in [6.45, 7) is 5.83. The van der Waals surface area contributed by atoms with Crippen molar-refractivity contribution in [3.8, 4) is 0 Å². The smallest absolute Gasteiger partial charge is 0.264 e. The number of amides is 1. The molecule has 3 aromatic carbocycles. The van der Waals surface area contributed by atoms with Gasteiger partial charge in [-0.05, 0) is 68.3 Å². The first-order valence-corrected chi connectivity index (χ1v) is 10.7. The highest BCUT2D eigenvalue weighted by molar-refractivity contribution is 7.92. The van der Waals surface area contributed by atoms with E-state index in [9.17, 15) is 13.2 Å². The van der Waals surface area contributed by atoms with E-state index in [0.717, 1.165) is 22.4 Å². The number of benzene rings is 3. The Morgan fingerprint density at radius 1 is 0.897 bits per heavy atom. The lowest BCUT2D eigenvalue weighted by molar-refractivity contribution is 0.102. The van der Waals surface area contributed by atoms with Gasteiger partial charge in [-0.1, -0.05) is 35.9 Å². The van der Waals surface area contributed by atoms with Gasteiger partial charge in [0.25, 0.3) is 15.9 Å². The van der Waals surface area contributed by atoms with Crippen LogP contribution in [0.4, 0.5) is 11.4 Å². The highest BCUT2D eigenvalue weighted by Crippen LogP contribution is 2.24. The molecule has 0 atom stereocenters. The summed E-state index contributed by atoms with van der Waals surface area (Å²) in [5.41, 5.74) is 4.60. The molecule has 5 nitrogen and oxygen atoms in total. The second kappa shape index (κ2) is 8.09. The number of carbonyl (C=O) groups excluding carboxylic acids is 1. The molecule has 0 saturated heterocycles. The summed E-state index contributed by atoms with van der Waals surface area (Å²) in [6.07, 6.45) is 0. The monoisotopic (exact) mass is 408 g/mol. The van der Waals surface area contributed by atoms with E-state index in [2.05, 4.69) is 5.32 Å². The van der Waals surface area contributed by atoms with Gasteiger partial charge in [-0.2, -0.15) is 0 Å². The van der Waals surface area contributed by atoms with Crippen LogP contribution in [0.5, 0.6) is 0 Å². The third kappa shape index (κ3) is 4.32. The molecule has 0 heterocycles. The van der Waals surface area contributed by atoms with Gasteiger partial charge >= 0.3 is 0 Å². The first kappa shape index (κ1) is 20.6. The molecule has 1 amide bonds. The number of sulfonamides is 1. The number of nitrogens with zero attached hydrogens (tertiary/aromatic N) is 1. The van der Waals surface area contributed by atoms with Crippen molar-refractivity contribution in [2.45, 2.75) is 25.7 Å². The number of hydrogen-bond acceptors (Lipinski definition) is 3. The SMILES string of the molecule is Cc1ccc(S(=O)(=O)N(C)c2cccc(C(=O)Nc3cccc(C)c3C)c2)cc1. The Bertz CT molecular complexity index is 1150. The second-order valence-corrected chi connectivity index (χ2v) is 9.01. The molecule has 0 aliphatic rings. The van der Waals surface area contributed by atoms with E-state index >= 15 is 0 Å². The summed E-state index contributed by atoms with van der Waals surface area (Å²) in [5.74, 6) is -0.290. The van der Waals surface area contributed by atoms with Gasteiger partial charge in [0, 0.05) is 18.3 Å². The van der Waals surface area contributed by atoms with E-state index in [0.29, 0.717) is 11.3 Å². The Morgan fingerprint density at radius 3 is 2.24 bits per heavy atom. The van der Waals surface area contributed by atoms with Crippen molar-refractivity contribution in [3.63, 3.8) is 0 Å².